The summed E-state index contributed by atoms with van der Waals surface area (Å²) in [6.07, 6.45) is 0. The third-order valence-electron chi connectivity index (χ3n) is 1.79. The molecule has 0 spiro atoms. The molecule has 5 heteroatoms. The summed E-state index contributed by atoms with van der Waals surface area (Å²) in [7, 11) is 1.62. The number of ether oxygens (including phenoxy) is 1. The molecule has 1 rings (SSSR count). The zero-order valence-electron chi connectivity index (χ0n) is 8.24. The largest absolute Gasteiger partial charge is 0.497 e. The minimum Gasteiger partial charge on any atom is -0.497 e. The molecule has 0 unspecified atom stereocenters. The Kier molecular flexibility index (Phi) is 3.30. The minimum atomic E-state index is 0.179. The van der Waals surface area contributed by atoms with Crippen molar-refractivity contribution in [3.63, 3.8) is 0 Å². The number of hydrogen-bond acceptors (Lipinski definition) is 3. The van der Waals surface area contributed by atoms with Gasteiger partial charge in [-0.25, -0.2) is 10.8 Å². The summed E-state index contributed by atoms with van der Waals surface area (Å²) in [5.41, 5.74) is 9.43. The Morgan fingerprint density at radius 1 is 1.50 bits per heavy atom. The van der Waals surface area contributed by atoms with Crippen molar-refractivity contribution in [3.8, 4) is 5.75 Å². The lowest BCUT2D eigenvalue weighted by molar-refractivity contribution is 0.414. The van der Waals surface area contributed by atoms with E-state index in [-0.39, 0.29) is 5.96 Å². The highest BCUT2D eigenvalue weighted by Gasteiger charge is 1.99. The molecule has 0 saturated heterocycles. The molecule has 1 aromatic carbocycles. The summed E-state index contributed by atoms with van der Waals surface area (Å²) >= 11 is 0. The van der Waals surface area contributed by atoms with Crippen molar-refractivity contribution in [2.45, 2.75) is 6.92 Å². The molecule has 76 valence electrons. The van der Waals surface area contributed by atoms with E-state index in [2.05, 4.69) is 10.4 Å². The van der Waals surface area contributed by atoms with Crippen LogP contribution in [0.3, 0.4) is 0 Å². The van der Waals surface area contributed by atoms with Gasteiger partial charge in [-0.3, -0.25) is 5.43 Å². The zero-order valence-corrected chi connectivity index (χ0v) is 8.24. The number of nitrogens with zero attached hydrogens (tertiary/aromatic N) is 1. The topological polar surface area (TPSA) is 85.7 Å². The van der Waals surface area contributed by atoms with Crippen LogP contribution in [0.4, 0.5) is 5.69 Å². The molecule has 0 bridgehead atoms. The summed E-state index contributed by atoms with van der Waals surface area (Å²) in [5.74, 6) is 6.07. The van der Waals surface area contributed by atoms with E-state index in [1.807, 2.05) is 25.1 Å². The summed E-state index contributed by atoms with van der Waals surface area (Å²) in [6.45, 7) is 1.92. The number of aryl methyl sites for hydroxylation is 1. The van der Waals surface area contributed by atoms with Gasteiger partial charge < -0.3 is 10.5 Å². The quantitative estimate of drug-likeness (QED) is 0.275. The van der Waals surface area contributed by atoms with Crippen LogP contribution < -0.4 is 21.7 Å². The van der Waals surface area contributed by atoms with Gasteiger partial charge >= 0.3 is 0 Å². The van der Waals surface area contributed by atoms with Gasteiger partial charge in [-0.1, -0.05) is 0 Å². The number of rotatable bonds is 2. The molecule has 5 N–H and O–H groups in total. The number of hydrazine groups is 1. The maximum atomic E-state index is 5.43. The number of methoxy groups -OCH3 is 1. The molecule has 1 aromatic rings. The first-order chi connectivity index (χ1) is 6.67. The van der Waals surface area contributed by atoms with E-state index in [4.69, 9.17) is 16.3 Å². The zero-order chi connectivity index (χ0) is 10.6. The van der Waals surface area contributed by atoms with Gasteiger partial charge in [0.15, 0.2) is 0 Å². The van der Waals surface area contributed by atoms with Gasteiger partial charge in [0.1, 0.15) is 5.75 Å². The smallest absolute Gasteiger partial charge is 0.208 e. The van der Waals surface area contributed by atoms with Crippen LogP contribution >= 0.6 is 0 Å². The fraction of sp³-hybridized carbons (Fsp3) is 0.222. The van der Waals surface area contributed by atoms with E-state index in [1.54, 1.807) is 7.11 Å². The molecule has 0 aromatic heterocycles. The highest BCUT2D eigenvalue weighted by atomic mass is 16.5. The molecule has 0 fully saturated rings. The van der Waals surface area contributed by atoms with Crippen LogP contribution in [0.2, 0.25) is 0 Å². The Balaban J connectivity index is 3.00. The summed E-state index contributed by atoms with van der Waals surface area (Å²) in [6, 6.07) is 5.51. The van der Waals surface area contributed by atoms with E-state index >= 15 is 0 Å². The predicted molar refractivity (Wildman–Crippen MR) is 56.3 cm³/mol. The van der Waals surface area contributed by atoms with Crippen LogP contribution in [0, 0.1) is 6.92 Å². The van der Waals surface area contributed by atoms with Crippen molar-refractivity contribution < 1.29 is 4.74 Å². The second-order valence-electron chi connectivity index (χ2n) is 2.79. The van der Waals surface area contributed by atoms with Gasteiger partial charge in [0.05, 0.1) is 12.8 Å². The van der Waals surface area contributed by atoms with Crippen LogP contribution in [0.1, 0.15) is 5.56 Å². The number of aliphatic imine (C=N–C) groups is 1. The van der Waals surface area contributed by atoms with Crippen LogP contribution in [0.15, 0.2) is 23.2 Å². The Bertz CT molecular complexity index is 349. The van der Waals surface area contributed by atoms with E-state index in [9.17, 15) is 0 Å². The molecule has 0 radical (unpaired) electrons. The lowest BCUT2D eigenvalue weighted by Gasteiger charge is -2.04. The molecule has 0 heterocycles. The molecule has 5 nitrogen and oxygen atoms in total. The molecule has 0 aliphatic heterocycles. The molecule has 0 amide bonds. The third kappa shape index (κ3) is 2.37. The maximum Gasteiger partial charge on any atom is 0.208 e. The van der Waals surface area contributed by atoms with E-state index in [0.29, 0.717) is 0 Å². The standard InChI is InChI=1S/C9H14N4O/c1-6-5-7(14-2)3-4-8(6)12-9(10)13-11/h3-5H,11H2,1-2H3,(H3,10,12,13). The van der Waals surface area contributed by atoms with Crippen LogP contribution in [-0.4, -0.2) is 13.1 Å². The SMILES string of the molecule is COc1ccc(N=C(N)NN)c(C)c1. The highest BCUT2D eigenvalue weighted by molar-refractivity contribution is 5.80. The molecular weight excluding hydrogens is 180 g/mol. The number of guanidine groups is 1. The first kappa shape index (κ1) is 10.3. The Morgan fingerprint density at radius 3 is 2.71 bits per heavy atom. The highest BCUT2D eigenvalue weighted by Crippen LogP contribution is 2.23. The van der Waals surface area contributed by atoms with Gasteiger partial charge in [-0.05, 0) is 30.7 Å². The van der Waals surface area contributed by atoms with E-state index < -0.39 is 0 Å². The fourth-order valence-corrected chi connectivity index (χ4v) is 1.04. The van der Waals surface area contributed by atoms with Crippen molar-refractivity contribution in [2.24, 2.45) is 16.6 Å². The van der Waals surface area contributed by atoms with Crippen LogP contribution in [-0.2, 0) is 0 Å². The number of nitrogens with two attached hydrogens (primary N) is 2. The lowest BCUT2D eigenvalue weighted by atomic mass is 10.2. The van der Waals surface area contributed by atoms with Gasteiger partial charge in [0.25, 0.3) is 0 Å². The van der Waals surface area contributed by atoms with E-state index in [0.717, 1.165) is 17.0 Å². The van der Waals surface area contributed by atoms with Gasteiger partial charge in [0, 0.05) is 0 Å². The van der Waals surface area contributed by atoms with E-state index in [1.165, 1.54) is 0 Å². The molecule has 0 aliphatic rings. The predicted octanol–water partition coefficient (Wildman–Crippen LogP) is 0.413. The number of nitrogens with one attached hydrogen (secondary N) is 1. The fourth-order valence-electron chi connectivity index (χ4n) is 1.04. The maximum absolute atomic E-state index is 5.43. The molecule has 0 saturated carbocycles. The molecular formula is C9H14N4O. The van der Waals surface area contributed by atoms with Crippen molar-refractivity contribution in [1.29, 1.82) is 0 Å². The van der Waals surface area contributed by atoms with Crippen LogP contribution in [0.5, 0.6) is 5.75 Å². The minimum absolute atomic E-state index is 0.179. The number of benzene rings is 1. The molecule has 14 heavy (non-hydrogen) atoms. The lowest BCUT2D eigenvalue weighted by Crippen LogP contribution is -2.36. The monoisotopic (exact) mass is 194 g/mol. The van der Waals surface area contributed by atoms with Gasteiger partial charge in [0.2, 0.25) is 5.96 Å². The summed E-state index contributed by atoms with van der Waals surface area (Å²) in [5, 5.41) is 0. The second-order valence-corrected chi connectivity index (χ2v) is 2.79. The van der Waals surface area contributed by atoms with Crippen molar-refractivity contribution in [2.75, 3.05) is 7.11 Å². The van der Waals surface area contributed by atoms with Crippen molar-refractivity contribution >= 4 is 11.6 Å². The summed E-state index contributed by atoms with van der Waals surface area (Å²) in [4.78, 5) is 4.06. The first-order valence-electron chi connectivity index (χ1n) is 4.12. The third-order valence-corrected chi connectivity index (χ3v) is 1.79. The van der Waals surface area contributed by atoms with Gasteiger partial charge in [-0.15, -0.1) is 0 Å². The van der Waals surface area contributed by atoms with Crippen molar-refractivity contribution in [1.82, 2.24) is 5.43 Å². The average Bonchev–Trinajstić information content (AvgIpc) is 2.20. The molecule has 0 aliphatic carbocycles. The second kappa shape index (κ2) is 4.48. The average molecular weight is 194 g/mol. The van der Waals surface area contributed by atoms with Gasteiger partial charge in [-0.2, -0.15) is 0 Å². The van der Waals surface area contributed by atoms with Crippen LogP contribution in [0.25, 0.3) is 0 Å². The normalized spacial score (nSPS) is 11.2. The Labute approximate surface area is 82.7 Å². The number of hydrogen-bond donors (Lipinski definition) is 3. The Hall–Kier alpha value is -1.75. The molecule has 0 atom stereocenters. The summed E-state index contributed by atoms with van der Waals surface area (Å²) < 4.78 is 5.06. The van der Waals surface area contributed by atoms with Crippen molar-refractivity contribution in [3.05, 3.63) is 23.8 Å². The Morgan fingerprint density at radius 2 is 2.21 bits per heavy atom. The first-order valence-corrected chi connectivity index (χ1v) is 4.12.